The zero-order valence-corrected chi connectivity index (χ0v) is 22.7. The van der Waals surface area contributed by atoms with Gasteiger partial charge in [0.2, 0.25) is 5.88 Å². The number of β-amino-alcohol motifs (C(OH)–C–C–N with tert-alkyl or cyclic N) is 1. The van der Waals surface area contributed by atoms with Gasteiger partial charge in [-0.2, -0.15) is 23.4 Å². The van der Waals surface area contributed by atoms with Crippen LogP contribution in [0.2, 0.25) is 5.02 Å². The third-order valence-electron chi connectivity index (χ3n) is 7.24. The van der Waals surface area contributed by atoms with Gasteiger partial charge in [0, 0.05) is 36.6 Å². The molecule has 2 aliphatic heterocycles. The van der Waals surface area contributed by atoms with E-state index in [0.29, 0.717) is 47.1 Å². The Hall–Kier alpha value is -3.06. The number of hydrogen-bond acceptors (Lipinski definition) is 7. The molecule has 5 rings (SSSR count). The molecule has 0 spiro atoms. The van der Waals surface area contributed by atoms with E-state index in [1.165, 1.54) is 18.3 Å². The van der Waals surface area contributed by atoms with Crippen molar-refractivity contribution in [2.45, 2.75) is 37.7 Å². The van der Waals surface area contributed by atoms with Gasteiger partial charge in [0.05, 0.1) is 35.2 Å². The second-order valence-electron chi connectivity index (χ2n) is 9.90. The van der Waals surface area contributed by atoms with Crippen LogP contribution in [0.25, 0.3) is 5.57 Å². The van der Waals surface area contributed by atoms with E-state index in [0.717, 1.165) is 10.6 Å². The number of likely N-dealkylation sites (tertiary alicyclic amines) is 1. The van der Waals surface area contributed by atoms with Gasteiger partial charge in [-0.15, -0.1) is 0 Å². The number of piperidine rings is 1. The highest BCUT2D eigenvalue weighted by molar-refractivity contribution is 7.10. The highest BCUT2D eigenvalue weighted by atomic mass is 35.5. The molecule has 3 aromatic rings. The highest BCUT2D eigenvalue weighted by Gasteiger charge is 2.37. The highest BCUT2D eigenvalue weighted by Crippen LogP contribution is 2.38. The Morgan fingerprint density at radius 1 is 1.15 bits per heavy atom. The fourth-order valence-corrected chi connectivity index (χ4v) is 6.18. The molecule has 0 aliphatic carbocycles. The summed E-state index contributed by atoms with van der Waals surface area (Å²) in [6.07, 6.45) is -3.27. The maximum Gasteiger partial charge on any atom is 0.416 e. The lowest BCUT2D eigenvalue weighted by Gasteiger charge is -2.36. The van der Waals surface area contributed by atoms with Gasteiger partial charge in [-0.3, -0.25) is 9.36 Å². The number of halogens is 5. The summed E-state index contributed by atoms with van der Waals surface area (Å²) in [5, 5.41) is 29.2. The molecule has 212 valence electrons. The van der Waals surface area contributed by atoms with E-state index in [4.69, 9.17) is 16.7 Å². The van der Waals surface area contributed by atoms with Crippen LogP contribution in [-0.4, -0.2) is 57.8 Å². The fourth-order valence-electron chi connectivity index (χ4n) is 5.05. The third kappa shape index (κ3) is 5.85. The van der Waals surface area contributed by atoms with Crippen LogP contribution < -0.4 is 15.4 Å². The van der Waals surface area contributed by atoms with Crippen LogP contribution in [-0.2, 0) is 19.1 Å². The molecule has 1 fully saturated rings. The number of benzene rings is 2. The van der Waals surface area contributed by atoms with Crippen LogP contribution in [0.4, 0.5) is 17.6 Å². The molecular weight excluding hydrogens is 572 g/mol. The first kappa shape index (κ1) is 28.5. The maximum absolute atomic E-state index is 15.8. The summed E-state index contributed by atoms with van der Waals surface area (Å²) < 4.78 is 58.5. The number of nitrogens with zero attached hydrogens (tertiary/aromatic N) is 4. The van der Waals surface area contributed by atoms with Crippen molar-refractivity contribution in [1.29, 1.82) is 0 Å². The van der Waals surface area contributed by atoms with Crippen LogP contribution in [0.1, 0.15) is 34.4 Å². The zero-order valence-electron chi connectivity index (χ0n) is 21.1. The molecule has 0 bridgehead atoms. The topological polar surface area (TPSA) is 90.4 Å². The van der Waals surface area contributed by atoms with Crippen molar-refractivity contribution in [2.75, 3.05) is 26.2 Å². The molecular formula is C27H25ClF4N4O3S. The van der Waals surface area contributed by atoms with Gasteiger partial charge in [-0.1, -0.05) is 35.1 Å². The lowest BCUT2D eigenvalue weighted by molar-refractivity contribution is -0.138. The van der Waals surface area contributed by atoms with Crippen LogP contribution in [0.3, 0.4) is 0 Å². The van der Waals surface area contributed by atoms with E-state index in [2.05, 4.69) is 10.2 Å². The normalized spacial score (nSPS) is 17.6. The molecule has 1 aromatic heterocycles. The largest absolute Gasteiger partial charge is 0.493 e. The molecule has 1 saturated heterocycles. The number of aromatic nitrogens is 1. The van der Waals surface area contributed by atoms with Crippen molar-refractivity contribution < 1.29 is 27.8 Å². The lowest BCUT2D eigenvalue weighted by atomic mass is 9.93. The minimum atomic E-state index is -4.69. The van der Waals surface area contributed by atoms with Crippen LogP contribution in [0, 0.1) is 0 Å². The van der Waals surface area contributed by atoms with Crippen molar-refractivity contribution in [2.24, 2.45) is 10.2 Å². The van der Waals surface area contributed by atoms with Gasteiger partial charge < -0.3 is 15.1 Å². The van der Waals surface area contributed by atoms with Gasteiger partial charge >= 0.3 is 11.0 Å². The van der Waals surface area contributed by atoms with E-state index in [1.807, 2.05) is 4.90 Å². The lowest BCUT2D eigenvalue weighted by Crippen LogP contribution is -2.45. The number of fused-ring (bicyclic) bond motifs is 1. The predicted octanol–water partition coefficient (Wildman–Crippen LogP) is 3.49. The molecule has 3 heterocycles. The number of rotatable bonds is 7. The van der Waals surface area contributed by atoms with Gasteiger partial charge in [0.25, 0.3) is 0 Å². The molecule has 0 unspecified atom stereocenters. The summed E-state index contributed by atoms with van der Waals surface area (Å²) >= 11 is 6.53. The first-order chi connectivity index (χ1) is 19.0. The molecule has 2 aliphatic rings. The van der Waals surface area contributed by atoms with Crippen LogP contribution >= 0.6 is 22.9 Å². The Morgan fingerprint density at radius 2 is 1.90 bits per heavy atom. The summed E-state index contributed by atoms with van der Waals surface area (Å²) in [5.74, 6) is -0.499. The second kappa shape index (κ2) is 11.1. The molecule has 2 N–H and O–H groups in total. The van der Waals surface area contributed by atoms with Crippen LogP contribution in [0.5, 0.6) is 5.88 Å². The number of aliphatic hydroxyl groups excluding tert-OH is 1. The van der Waals surface area contributed by atoms with Gasteiger partial charge in [-0.25, -0.2) is 4.39 Å². The predicted molar refractivity (Wildman–Crippen MR) is 144 cm³/mol. The number of aromatic hydroxyl groups is 1. The van der Waals surface area contributed by atoms with E-state index in [1.54, 1.807) is 18.2 Å². The number of alkyl halides is 4. The minimum Gasteiger partial charge on any atom is -0.493 e. The fraction of sp³-hybridized carbons (Fsp3) is 0.370. The average Bonchev–Trinajstić information content (AvgIpc) is 3.48. The van der Waals surface area contributed by atoms with Gasteiger partial charge in [0.1, 0.15) is 5.67 Å². The summed E-state index contributed by atoms with van der Waals surface area (Å²) in [4.78, 5) is 14.4. The van der Waals surface area contributed by atoms with Crippen molar-refractivity contribution in [3.8, 4) is 5.88 Å². The smallest absolute Gasteiger partial charge is 0.416 e. The Kier molecular flexibility index (Phi) is 7.88. The molecule has 0 saturated carbocycles. The average molecular weight is 597 g/mol. The molecule has 0 amide bonds. The van der Waals surface area contributed by atoms with E-state index < -0.39 is 28.2 Å². The van der Waals surface area contributed by atoms with Crippen LogP contribution in [0.15, 0.2) is 51.4 Å². The van der Waals surface area contributed by atoms with Crippen molar-refractivity contribution in [1.82, 2.24) is 9.47 Å². The minimum absolute atomic E-state index is 0.0433. The standard InChI is InChI=1S/C27H25ClF4N4O3S/c28-19-3-1-17(21(13-19)27(30,31)32)12-20(16-2-4-22-18(11-16)14-33-34-22)23-24(38)36(25(39)40-23)15-26(29)5-7-35(8-6-26)9-10-37/h1-4,11,13-14,37-38H,5-10,12,15H2. The summed E-state index contributed by atoms with van der Waals surface area (Å²) in [7, 11) is 0. The summed E-state index contributed by atoms with van der Waals surface area (Å²) in [6.45, 7) is 0.766. The quantitative estimate of drug-likeness (QED) is 0.409. The Bertz CT molecular complexity index is 1640. The molecule has 2 aromatic carbocycles. The Balaban J connectivity index is 1.59. The Labute approximate surface area is 235 Å². The summed E-state index contributed by atoms with van der Waals surface area (Å²) in [6, 6.07) is 8.42. The summed E-state index contributed by atoms with van der Waals surface area (Å²) in [5.41, 5.74) is -1.91. The van der Waals surface area contributed by atoms with Crippen molar-refractivity contribution in [3.63, 3.8) is 0 Å². The zero-order chi connectivity index (χ0) is 28.7. The van der Waals surface area contributed by atoms with E-state index in [-0.39, 0.29) is 53.5 Å². The monoisotopic (exact) mass is 596 g/mol. The van der Waals surface area contributed by atoms with Crippen molar-refractivity contribution in [3.05, 3.63) is 83.2 Å². The van der Waals surface area contributed by atoms with Gasteiger partial charge in [-0.05, 0) is 53.5 Å². The SMILES string of the molecule is O=c1sc(C(Cc2ccc(Cl)cc2C(F)(F)F)=c2ccc3c(c2)C=NN=3)c(O)n1CC1(F)CCN(CCO)CC1. The van der Waals surface area contributed by atoms with E-state index >= 15 is 4.39 Å². The number of aliphatic hydroxyl groups is 1. The maximum atomic E-state index is 15.8. The molecule has 40 heavy (non-hydrogen) atoms. The second-order valence-corrected chi connectivity index (χ2v) is 11.3. The molecule has 0 atom stereocenters. The third-order valence-corrected chi connectivity index (χ3v) is 8.50. The first-order valence-corrected chi connectivity index (χ1v) is 13.7. The Morgan fingerprint density at radius 3 is 2.60 bits per heavy atom. The number of thiazole rings is 1. The molecule has 13 heteroatoms. The van der Waals surface area contributed by atoms with Crippen molar-refractivity contribution >= 4 is 34.7 Å². The molecule has 0 radical (unpaired) electrons. The number of hydrogen-bond donors (Lipinski definition) is 2. The first-order valence-electron chi connectivity index (χ1n) is 12.5. The van der Waals surface area contributed by atoms with Gasteiger partial charge in [0.15, 0.2) is 0 Å². The molecule has 7 nitrogen and oxygen atoms in total. The van der Waals surface area contributed by atoms with E-state index in [9.17, 15) is 23.1 Å².